The molecule has 1 amide bonds. The van der Waals surface area contributed by atoms with E-state index < -0.39 is 0 Å². The van der Waals surface area contributed by atoms with E-state index in [9.17, 15) is 4.79 Å². The van der Waals surface area contributed by atoms with Gasteiger partial charge in [0.05, 0.1) is 11.3 Å². The first-order chi connectivity index (χ1) is 10.6. The molecule has 0 radical (unpaired) electrons. The first-order valence-corrected chi connectivity index (χ1v) is 7.65. The fraction of sp³-hybridized carbons (Fsp3) is 0.438. The molecular formula is C16H23Cl2N5O. The SMILES string of the molecule is Cc1cc(C)n(-c2ccc(C(=O)NCC3CCCN3)cn2)n1.Cl.Cl. The Morgan fingerprint density at radius 3 is 2.71 bits per heavy atom. The number of carbonyl (C=O) groups excluding carboxylic acids is 1. The lowest BCUT2D eigenvalue weighted by molar-refractivity contribution is 0.0950. The third kappa shape index (κ3) is 4.69. The van der Waals surface area contributed by atoms with E-state index in [2.05, 4.69) is 20.7 Å². The van der Waals surface area contributed by atoms with Gasteiger partial charge in [-0.15, -0.1) is 24.8 Å². The molecule has 2 aromatic heterocycles. The predicted octanol–water partition coefficient (Wildman–Crippen LogP) is 2.21. The molecule has 0 saturated carbocycles. The molecule has 3 rings (SSSR count). The highest BCUT2D eigenvalue weighted by molar-refractivity contribution is 5.93. The second kappa shape index (κ2) is 9.01. The van der Waals surface area contributed by atoms with Crippen LogP contribution in [-0.2, 0) is 0 Å². The third-order valence-electron chi connectivity index (χ3n) is 3.91. The lowest BCUT2D eigenvalue weighted by Gasteiger charge is -2.11. The fourth-order valence-corrected chi connectivity index (χ4v) is 2.76. The standard InChI is InChI=1S/C16H21N5O.2ClH/c1-11-8-12(2)21(20-11)15-6-5-13(9-18-15)16(22)19-10-14-4-3-7-17-14;;/h5-6,8-9,14,17H,3-4,7,10H2,1-2H3,(H,19,22);2*1H. The highest BCUT2D eigenvalue weighted by Gasteiger charge is 2.15. The molecule has 132 valence electrons. The largest absolute Gasteiger partial charge is 0.350 e. The number of aromatic nitrogens is 3. The van der Waals surface area contributed by atoms with Gasteiger partial charge in [-0.25, -0.2) is 9.67 Å². The summed E-state index contributed by atoms with van der Waals surface area (Å²) in [5.74, 6) is 0.640. The van der Waals surface area contributed by atoms with Crippen molar-refractivity contribution < 1.29 is 4.79 Å². The maximum Gasteiger partial charge on any atom is 0.252 e. The molecule has 1 aliphatic rings. The lowest BCUT2D eigenvalue weighted by Crippen LogP contribution is -2.37. The molecule has 1 fully saturated rings. The summed E-state index contributed by atoms with van der Waals surface area (Å²) in [6, 6.07) is 6.00. The molecule has 0 bridgehead atoms. The van der Waals surface area contributed by atoms with Crippen LogP contribution in [0, 0.1) is 13.8 Å². The number of pyridine rings is 1. The molecular weight excluding hydrogens is 349 g/mol. The molecule has 1 aliphatic heterocycles. The maximum absolute atomic E-state index is 12.1. The van der Waals surface area contributed by atoms with Gasteiger partial charge < -0.3 is 10.6 Å². The van der Waals surface area contributed by atoms with Gasteiger partial charge in [-0.2, -0.15) is 5.10 Å². The Balaban J connectivity index is 0.00000144. The van der Waals surface area contributed by atoms with Crippen LogP contribution in [0.5, 0.6) is 0 Å². The Morgan fingerprint density at radius 1 is 1.38 bits per heavy atom. The lowest BCUT2D eigenvalue weighted by atomic mass is 10.2. The van der Waals surface area contributed by atoms with E-state index in [1.165, 1.54) is 6.42 Å². The average molecular weight is 372 g/mol. The Bertz CT molecular complexity index is 666. The van der Waals surface area contributed by atoms with E-state index in [0.29, 0.717) is 18.2 Å². The van der Waals surface area contributed by atoms with Crippen LogP contribution < -0.4 is 10.6 Å². The summed E-state index contributed by atoms with van der Waals surface area (Å²) < 4.78 is 1.78. The molecule has 8 heteroatoms. The van der Waals surface area contributed by atoms with Crippen molar-refractivity contribution in [2.75, 3.05) is 13.1 Å². The van der Waals surface area contributed by atoms with Crippen LogP contribution in [0.25, 0.3) is 5.82 Å². The van der Waals surface area contributed by atoms with E-state index in [1.54, 1.807) is 16.9 Å². The summed E-state index contributed by atoms with van der Waals surface area (Å²) in [4.78, 5) is 16.5. The zero-order valence-corrected chi connectivity index (χ0v) is 15.4. The van der Waals surface area contributed by atoms with Gasteiger partial charge >= 0.3 is 0 Å². The number of halogens is 2. The molecule has 1 unspecified atom stereocenters. The monoisotopic (exact) mass is 371 g/mol. The predicted molar refractivity (Wildman–Crippen MR) is 98.7 cm³/mol. The summed E-state index contributed by atoms with van der Waals surface area (Å²) in [5.41, 5.74) is 2.54. The number of hydrogen-bond acceptors (Lipinski definition) is 4. The van der Waals surface area contributed by atoms with E-state index in [4.69, 9.17) is 0 Å². The van der Waals surface area contributed by atoms with Gasteiger partial charge in [0, 0.05) is 24.5 Å². The highest BCUT2D eigenvalue weighted by Crippen LogP contribution is 2.10. The van der Waals surface area contributed by atoms with Crippen LogP contribution in [0.3, 0.4) is 0 Å². The molecule has 2 N–H and O–H groups in total. The fourth-order valence-electron chi connectivity index (χ4n) is 2.76. The van der Waals surface area contributed by atoms with E-state index in [0.717, 1.165) is 30.2 Å². The minimum Gasteiger partial charge on any atom is -0.350 e. The Kier molecular flexibility index (Phi) is 7.66. The van der Waals surface area contributed by atoms with Crippen LogP contribution in [0.1, 0.15) is 34.6 Å². The van der Waals surface area contributed by atoms with Crippen LogP contribution in [0.4, 0.5) is 0 Å². The second-order valence-corrected chi connectivity index (χ2v) is 5.75. The summed E-state index contributed by atoms with van der Waals surface area (Å²) >= 11 is 0. The zero-order chi connectivity index (χ0) is 15.5. The number of hydrogen-bond donors (Lipinski definition) is 2. The van der Waals surface area contributed by atoms with Gasteiger partial charge in [0.25, 0.3) is 5.91 Å². The smallest absolute Gasteiger partial charge is 0.252 e. The zero-order valence-electron chi connectivity index (χ0n) is 13.8. The van der Waals surface area contributed by atoms with E-state index in [1.807, 2.05) is 26.0 Å². The molecule has 2 aromatic rings. The van der Waals surface area contributed by atoms with E-state index >= 15 is 0 Å². The molecule has 0 aromatic carbocycles. The summed E-state index contributed by atoms with van der Waals surface area (Å²) in [5, 5.41) is 10.7. The summed E-state index contributed by atoms with van der Waals surface area (Å²) in [6.07, 6.45) is 3.90. The second-order valence-electron chi connectivity index (χ2n) is 5.75. The molecule has 3 heterocycles. The Morgan fingerprint density at radius 2 is 2.17 bits per heavy atom. The molecule has 24 heavy (non-hydrogen) atoms. The first kappa shape index (κ1) is 20.4. The van der Waals surface area contributed by atoms with Gasteiger partial charge in [-0.3, -0.25) is 4.79 Å². The van der Waals surface area contributed by atoms with Crippen LogP contribution in [0.15, 0.2) is 24.4 Å². The van der Waals surface area contributed by atoms with Crippen molar-refractivity contribution in [3.63, 3.8) is 0 Å². The van der Waals surface area contributed by atoms with Gasteiger partial charge in [-0.1, -0.05) is 0 Å². The average Bonchev–Trinajstić information content (AvgIpc) is 3.14. The van der Waals surface area contributed by atoms with Crippen molar-refractivity contribution in [3.8, 4) is 5.82 Å². The van der Waals surface area contributed by atoms with Crippen molar-refractivity contribution in [2.45, 2.75) is 32.7 Å². The number of aryl methyl sites for hydroxylation is 2. The van der Waals surface area contributed by atoms with Gasteiger partial charge in [0.15, 0.2) is 5.82 Å². The van der Waals surface area contributed by atoms with Crippen molar-refractivity contribution >= 4 is 30.7 Å². The van der Waals surface area contributed by atoms with Crippen molar-refractivity contribution in [2.24, 2.45) is 0 Å². The minimum atomic E-state index is -0.0823. The number of carbonyl (C=O) groups is 1. The molecule has 1 atom stereocenters. The Hall–Kier alpha value is -1.63. The first-order valence-electron chi connectivity index (χ1n) is 7.65. The van der Waals surface area contributed by atoms with Gasteiger partial charge in [-0.05, 0) is 51.4 Å². The van der Waals surface area contributed by atoms with Crippen molar-refractivity contribution in [3.05, 3.63) is 41.3 Å². The number of nitrogens with zero attached hydrogens (tertiary/aromatic N) is 3. The minimum absolute atomic E-state index is 0. The van der Waals surface area contributed by atoms with Crippen LogP contribution in [0.2, 0.25) is 0 Å². The number of rotatable bonds is 4. The quantitative estimate of drug-likeness (QED) is 0.863. The van der Waals surface area contributed by atoms with Crippen molar-refractivity contribution in [1.29, 1.82) is 0 Å². The highest BCUT2D eigenvalue weighted by atomic mass is 35.5. The molecule has 1 saturated heterocycles. The van der Waals surface area contributed by atoms with E-state index in [-0.39, 0.29) is 30.7 Å². The molecule has 0 aliphatic carbocycles. The molecule has 0 spiro atoms. The summed E-state index contributed by atoms with van der Waals surface area (Å²) in [7, 11) is 0. The van der Waals surface area contributed by atoms with Crippen molar-refractivity contribution in [1.82, 2.24) is 25.4 Å². The Labute approximate surface area is 154 Å². The topological polar surface area (TPSA) is 71.8 Å². The normalized spacial score (nSPS) is 16.2. The van der Waals surface area contributed by atoms with Gasteiger partial charge in [0.1, 0.15) is 0 Å². The molecule has 6 nitrogen and oxygen atoms in total. The van der Waals surface area contributed by atoms with Crippen LogP contribution in [-0.4, -0.2) is 39.8 Å². The third-order valence-corrected chi connectivity index (χ3v) is 3.91. The number of amides is 1. The van der Waals surface area contributed by atoms with Gasteiger partial charge in [0.2, 0.25) is 0 Å². The number of nitrogens with one attached hydrogen (secondary N) is 2. The summed E-state index contributed by atoms with van der Waals surface area (Å²) in [6.45, 7) is 5.64. The van der Waals surface area contributed by atoms with Crippen LogP contribution >= 0.6 is 24.8 Å². The maximum atomic E-state index is 12.1.